The molecule has 0 saturated heterocycles. The second-order valence-electron chi connectivity index (χ2n) is 5.79. The van der Waals surface area contributed by atoms with Crippen LogP contribution in [0, 0.1) is 0 Å². The summed E-state index contributed by atoms with van der Waals surface area (Å²) in [6.07, 6.45) is 26.7. The first kappa shape index (κ1) is 20.7. The van der Waals surface area contributed by atoms with Crippen LogP contribution in [0.4, 0.5) is 0 Å². The van der Waals surface area contributed by atoms with Crippen molar-refractivity contribution < 1.29 is 9.90 Å². The number of carbonyl (C=O) groups is 1. The molecule has 0 saturated carbocycles. The van der Waals surface area contributed by atoms with Crippen molar-refractivity contribution >= 4 is 5.97 Å². The molecule has 0 heterocycles. The van der Waals surface area contributed by atoms with E-state index >= 15 is 0 Å². The Morgan fingerprint density at radius 1 is 0.727 bits per heavy atom. The molecule has 0 radical (unpaired) electrons. The highest BCUT2D eigenvalue weighted by Gasteiger charge is 1.91. The highest BCUT2D eigenvalue weighted by Crippen LogP contribution is 2.10. The van der Waals surface area contributed by atoms with Gasteiger partial charge in [-0.1, -0.05) is 82.2 Å². The summed E-state index contributed by atoms with van der Waals surface area (Å²) in [5.41, 5.74) is 0. The van der Waals surface area contributed by atoms with Crippen molar-refractivity contribution in [3.8, 4) is 0 Å². The Hall–Kier alpha value is -1.31. The number of aliphatic carboxylic acids is 1. The zero-order chi connectivity index (χ0) is 16.3. The van der Waals surface area contributed by atoms with Gasteiger partial charge in [-0.15, -0.1) is 0 Å². The van der Waals surface area contributed by atoms with Crippen LogP contribution in [0.15, 0.2) is 36.5 Å². The zero-order valence-electron chi connectivity index (χ0n) is 14.3. The average molecular weight is 306 g/mol. The number of allylic oxidation sites excluding steroid dienone is 5. The van der Waals surface area contributed by atoms with Gasteiger partial charge in [0.25, 0.3) is 0 Å². The lowest BCUT2D eigenvalue weighted by Crippen LogP contribution is -1.84. The standard InChI is InChI=1S/C20H34O2/c1-2-3-4-5-6-7-8-9-10-11-12-13-14-15-16-17-18-19-20(21)22/h5-6,16-19H,2-4,7-15H2,1H3,(H,21,22)/b6-5?,17-16-,19-18?. The Bertz CT molecular complexity index is 327. The van der Waals surface area contributed by atoms with E-state index in [4.69, 9.17) is 5.11 Å². The van der Waals surface area contributed by atoms with Crippen molar-refractivity contribution in [2.24, 2.45) is 0 Å². The number of hydrogen-bond donors (Lipinski definition) is 1. The predicted octanol–water partition coefficient (Wildman–Crippen LogP) is 6.44. The van der Waals surface area contributed by atoms with E-state index in [1.807, 2.05) is 12.2 Å². The second kappa shape index (κ2) is 17.7. The van der Waals surface area contributed by atoms with E-state index in [2.05, 4.69) is 19.1 Å². The molecule has 0 aromatic heterocycles. The van der Waals surface area contributed by atoms with Crippen LogP contribution in [0.5, 0.6) is 0 Å². The van der Waals surface area contributed by atoms with Crippen LogP contribution in [0.25, 0.3) is 0 Å². The van der Waals surface area contributed by atoms with Gasteiger partial charge in [-0.3, -0.25) is 0 Å². The first-order valence-electron chi connectivity index (χ1n) is 8.98. The van der Waals surface area contributed by atoms with E-state index in [9.17, 15) is 4.79 Å². The summed E-state index contributed by atoms with van der Waals surface area (Å²) in [4.78, 5) is 10.2. The van der Waals surface area contributed by atoms with Crippen molar-refractivity contribution in [1.29, 1.82) is 0 Å². The zero-order valence-corrected chi connectivity index (χ0v) is 14.3. The quantitative estimate of drug-likeness (QED) is 0.163. The summed E-state index contributed by atoms with van der Waals surface area (Å²) >= 11 is 0. The fourth-order valence-electron chi connectivity index (χ4n) is 2.28. The lowest BCUT2D eigenvalue weighted by molar-refractivity contribution is -0.131. The van der Waals surface area contributed by atoms with Gasteiger partial charge in [0.2, 0.25) is 0 Å². The molecule has 0 aliphatic heterocycles. The minimum Gasteiger partial charge on any atom is -0.478 e. The molecule has 0 spiro atoms. The van der Waals surface area contributed by atoms with Crippen molar-refractivity contribution in [1.82, 2.24) is 0 Å². The van der Waals surface area contributed by atoms with Crippen molar-refractivity contribution in [2.45, 2.75) is 84.0 Å². The maximum absolute atomic E-state index is 10.2. The molecule has 0 unspecified atom stereocenters. The lowest BCUT2D eigenvalue weighted by atomic mass is 10.1. The summed E-state index contributed by atoms with van der Waals surface area (Å²) in [7, 11) is 0. The number of rotatable bonds is 15. The summed E-state index contributed by atoms with van der Waals surface area (Å²) in [5.74, 6) is -0.888. The Morgan fingerprint density at radius 2 is 1.23 bits per heavy atom. The van der Waals surface area contributed by atoms with Crippen molar-refractivity contribution in [2.75, 3.05) is 0 Å². The molecular formula is C20H34O2. The van der Waals surface area contributed by atoms with Gasteiger partial charge in [-0.25, -0.2) is 4.79 Å². The number of unbranched alkanes of at least 4 members (excludes halogenated alkanes) is 10. The van der Waals surface area contributed by atoms with Gasteiger partial charge in [0.15, 0.2) is 0 Å². The molecule has 126 valence electrons. The largest absolute Gasteiger partial charge is 0.478 e. The molecule has 22 heavy (non-hydrogen) atoms. The average Bonchev–Trinajstić information content (AvgIpc) is 2.50. The lowest BCUT2D eigenvalue weighted by Gasteiger charge is -2.00. The van der Waals surface area contributed by atoms with Gasteiger partial charge in [0, 0.05) is 6.08 Å². The van der Waals surface area contributed by atoms with Gasteiger partial charge in [-0.05, 0) is 32.1 Å². The number of carboxylic acid groups (broad SMARTS) is 1. The van der Waals surface area contributed by atoms with Crippen LogP contribution in [0.3, 0.4) is 0 Å². The molecule has 2 heteroatoms. The molecule has 0 bridgehead atoms. The molecule has 0 aliphatic carbocycles. The molecule has 0 aliphatic rings. The van der Waals surface area contributed by atoms with Gasteiger partial charge >= 0.3 is 5.97 Å². The van der Waals surface area contributed by atoms with E-state index in [0.717, 1.165) is 12.5 Å². The summed E-state index contributed by atoms with van der Waals surface area (Å²) in [5, 5.41) is 8.41. The first-order valence-corrected chi connectivity index (χ1v) is 8.98. The number of carboxylic acids is 1. The minimum atomic E-state index is -0.888. The third-order valence-electron chi connectivity index (χ3n) is 3.62. The molecule has 0 aromatic rings. The Morgan fingerprint density at radius 3 is 1.77 bits per heavy atom. The molecule has 0 aromatic carbocycles. The van der Waals surface area contributed by atoms with E-state index in [1.165, 1.54) is 70.6 Å². The third kappa shape index (κ3) is 18.7. The van der Waals surface area contributed by atoms with Crippen LogP contribution in [-0.2, 0) is 4.79 Å². The predicted molar refractivity (Wildman–Crippen MR) is 96.1 cm³/mol. The number of hydrogen-bond acceptors (Lipinski definition) is 1. The summed E-state index contributed by atoms with van der Waals surface area (Å²) < 4.78 is 0. The fraction of sp³-hybridized carbons (Fsp3) is 0.650. The molecule has 0 rings (SSSR count). The monoisotopic (exact) mass is 306 g/mol. The normalized spacial score (nSPS) is 12.0. The maximum atomic E-state index is 10.2. The van der Waals surface area contributed by atoms with Crippen LogP contribution in [-0.4, -0.2) is 11.1 Å². The summed E-state index contributed by atoms with van der Waals surface area (Å²) in [6.45, 7) is 2.24. The SMILES string of the molecule is CCCCC=CCCCCCCCCC/C=C\C=CC(=O)O. The van der Waals surface area contributed by atoms with Crippen LogP contribution < -0.4 is 0 Å². The smallest absolute Gasteiger partial charge is 0.328 e. The van der Waals surface area contributed by atoms with Gasteiger partial charge in [-0.2, -0.15) is 0 Å². The maximum Gasteiger partial charge on any atom is 0.328 e. The van der Waals surface area contributed by atoms with Crippen LogP contribution in [0.2, 0.25) is 0 Å². The van der Waals surface area contributed by atoms with E-state index in [-0.39, 0.29) is 0 Å². The summed E-state index contributed by atoms with van der Waals surface area (Å²) in [6, 6.07) is 0. The van der Waals surface area contributed by atoms with Crippen molar-refractivity contribution in [3.63, 3.8) is 0 Å². The molecule has 1 N–H and O–H groups in total. The van der Waals surface area contributed by atoms with Gasteiger partial charge in [0.1, 0.15) is 0 Å². The molecule has 0 amide bonds. The van der Waals surface area contributed by atoms with Crippen LogP contribution >= 0.6 is 0 Å². The highest BCUT2D eigenvalue weighted by molar-refractivity contribution is 5.80. The molecule has 0 atom stereocenters. The molecule has 2 nitrogen and oxygen atoms in total. The van der Waals surface area contributed by atoms with Gasteiger partial charge < -0.3 is 5.11 Å². The third-order valence-corrected chi connectivity index (χ3v) is 3.62. The highest BCUT2D eigenvalue weighted by atomic mass is 16.4. The Labute approximate surface area is 137 Å². The topological polar surface area (TPSA) is 37.3 Å². The Kier molecular flexibility index (Phi) is 16.7. The molecule has 0 fully saturated rings. The minimum absolute atomic E-state index is 0.888. The van der Waals surface area contributed by atoms with Crippen LogP contribution in [0.1, 0.15) is 84.0 Å². The fourth-order valence-corrected chi connectivity index (χ4v) is 2.28. The van der Waals surface area contributed by atoms with E-state index < -0.39 is 5.97 Å². The van der Waals surface area contributed by atoms with E-state index in [1.54, 1.807) is 6.08 Å². The first-order chi connectivity index (χ1) is 10.8. The second-order valence-corrected chi connectivity index (χ2v) is 5.79. The van der Waals surface area contributed by atoms with E-state index in [0.29, 0.717) is 0 Å². The molecular weight excluding hydrogens is 272 g/mol. The Balaban J connectivity index is 3.17. The van der Waals surface area contributed by atoms with Crippen molar-refractivity contribution in [3.05, 3.63) is 36.5 Å². The van der Waals surface area contributed by atoms with Gasteiger partial charge in [0.05, 0.1) is 0 Å².